The average molecular weight is 333 g/mol. The molecule has 1 spiro atoms. The first-order valence-electron chi connectivity index (χ1n) is 8.78. The molecule has 0 saturated carbocycles. The molecule has 2 aliphatic heterocycles. The number of carbonyl (C=O) groups is 1. The highest BCUT2D eigenvalue weighted by molar-refractivity contribution is 5.69. The molecule has 1 saturated heterocycles. The van der Waals surface area contributed by atoms with E-state index in [0.717, 1.165) is 57.7 Å². The third kappa shape index (κ3) is 3.42. The van der Waals surface area contributed by atoms with Crippen LogP contribution in [0.15, 0.2) is 18.2 Å². The van der Waals surface area contributed by atoms with Gasteiger partial charge in [-0.05, 0) is 43.9 Å². The molecule has 0 aliphatic carbocycles. The lowest BCUT2D eigenvalue weighted by Gasteiger charge is -2.45. The van der Waals surface area contributed by atoms with Gasteiger partial charge in [0, 0.05) is 25.1 Å². The highest BCUT2D eigenvalue weighted by Crippen LogP contribution is 2.45. The third-order valence-corrected chi connectivity index (χ3v) is 5.28. The summed E-state index contributed by atoms with van der Waals surface area (Å²) >= 11 is 0. The summed E-state index contributed by atoms with van der Waals surface area (Å²) in [7, 11) is 3.18. The minimum absolute atomic E-state index is 0.127. The molecule has 5 heteroatoms. The molecule has 0 aromatic heterocycles. The number of ether oxygens (including phenoxy) is 3. The third-order valence-electron chi connectivity index (χ3n) is 5.28. The second-order valence-electron chi connectivity index (χ2n) is 6.61. The van der Waals surface area contributed by atoms with Gasteiger partial charge in [-0.2, -0.15) is 0 Å². The molecule has 1 aromatic carbocycles. The highest BCUT2D eigenvalue weighted by Gasteiger charge is 2.42. The fraction of sp³-hybridized carbons (Fsp3) is 0.632. The van der Waals surface area contributed by atoms with E-state index in [2.05, 4.69) is 17.0 Å². The second-order valence-corrected chi connectivity index (χ2v) is 6.61. The predicted molar refractivity (Wildman–Crippen MR) is 91.3 cm³/mol. The number of piperidine rings is 1. The van der Waals surface area contributed by atoms with Crippen LogP contribution >= 0.6 is 0 Å². The van der Waals surface area contributed by atoms with Crippen LogP contribution in [-0.2, 0) is 26.3 Å². The number of likely N-dealkylation sites (tertiary alicyclic amines) is 1. The lowest BCUT2D eigenvalue weighted by atomic mass is 9.78. The molecule has 0 unspecified atom stereocenters. The van der Waals surface area contributed by atoms with Crippen molar-refractivity contribution in [1.82, 2.24) is 4.90 Å². The van der Waals surface area contributed by atoms with Crippen LogP contribution in [-0.4, -0.2) is 51.3 Å². The van der Waals surface area contributed by atoms with Crippen LogP contribution in [0.2, 0.25) is 0 Å². The molecule has 0 radical (unpaired) electrons. The van der Waals surface area contributed by atoms with Crippen molar-refractivity contribution in [3.05, 3.63) is 29.3 Å². The molecule has 24 heavy (non-hydrogen) atoms. The first-order chi connectivity index (χ1) is 11.7. The van der Waals surface area contributed by atoms with Crippen molar-refractivity contribution in [1.29, 1.82) is 0 Å². The maximum atomic E-state index is 11.2. The number of methoxy groups -OCH3 is 2. The van der Waals surface area contributed by atoms with E-state index in [1.807, 2.05) is 6.07 Å². The Bertz CT molecular complexity index is 564. The molecule has 5 nitrogen and oxygen atoms in total. The number of nitrogens with zero attached hydrogens (tertiary/aromatic N) is 1. The standard InChI is InChI=1S/C19H27NO4/c1-22-16-6-3-5-15-8-14-24-19(18(15)16)9-12-20(13-10-19)11-4-7-17(21)23-2/h3,5-6H,4,7-14H2,1-2H3. The van der Waals surface area contributed by atoms with E-state index in [1.54, 1.807) is 7.11 Å². The first kappa shape index (κ1) is 17.2. The summed E-state index contributed by atoms with van der Waals surface area (Å²) in [6.07, 6.45) is 4.24. The van der Waals surface area contributed by atoms with Gasteiger partial charge in [-0.1, -0.05) is 12.1 Å². The number of fused-ring (bicyclic) bond motifs is 2. The Morgan fingerprint density at radius 1 is 1.29 bits per heavy atom. The zero-order valence-electron chi connectivity index (χ0n) is 14.7. The first-order valence-corrected chi connectivity index (χ1v) is 8.78. The van der Waals surface area contributed by atoms with Crippen LogP contribution in [0.1, 0.15) is 36.8 Å². The highest BCUT2D eigenvalue weighted by atomic mass is 16.5. The summed E-state index contributed by atoms with van der Waals surface area (Å²) in [4.78, 5) is 13.6. The smallest absolute Gasteiger partial charge is 0.305 e. The number of benzene rings is 1. The van der Waals surface area contributed by atoms with Crippen LogP contribution in [0.4, 0.5) is 0 Å². The van der Waals surface area contributed by atoms with Gasteiger partial charge in [-0.3, -0.25) is 4.79 Å². The van der Waals surface area contributed by atoms with E-state index >= 15 is 0 Å². The molecule has 2 heterocycles. The fourth-order valence-electron chi connectivity index (χ4n) is 3.98. The summed E-state index contributed by atoms with van der Waals surface area (Å²) in [6.45, 7) is 3.68. The minimum Gasteiger partial charge on any atom is -0.496 e. The maximum absolute atomic E-state index is 11.2. The molecule has 2 aliphatic rings. The number of carbonyl (C=O) groups excluding carboxylic acids is 1. The van der Waals surface area contributed by atoms with Crippen LogP contribution < -0.4 is 4.74 Å². The Morgan fingerprint density at radius 3 is 2.79 bits per heavy atom. The van der Waals surface area contributed by atoms with Gasteiger partial charge in [0.05, 0.1) is 26.4 Å². The molecular formula is C19H27NO4. The Hall–Kier alpha value is -1.59. The molecule has 3 rings (SSSR count). The average Bonchev–Trinajstić information content (AvgIpc) is 2.63. The van der Waals surface area contributed by atoms with Crippen molar-refractivity contribution in [3.8, 4) is 5.75 Å². The number of hydrogen-bond donors (Lipinski definition) is 0. The number of rotatable bonds is 5. The maximum Gasteiger partial charge on any atom is 0.305 e. The summed E-state index contributed by atoms with van der Waals surface area (Å²) in [5, 5.41) is 0. The largest absolute Gasteiger partial charge is 0.496 e. The molecule has 132 valence electrons. The van der Waals surface area contributed by atoms with Gasteiger partial charge in [0.25, 0.3) is 0 Å². The van der Waals surface area contributed by atoms with Gasteiger partial charge >= 0.3 is 5.97 Å². The normalized spacial score (nSPS) is 19.8. The number of hydrogen-bond acceptors (Lipinski definition) is 5. The Morgan fingerprint density at radius 2 is 2.08 bits per heavy atom. The summed E-state index contributed by atoms with van der Waals surface area (Å²) in [5.74, 6) is 0.823. The van der Waals surface area contributed by atoms with Gasteiger partial charge in [0.1, 0.15) is 5.75 Å². The Balaban J connectivity index is 1.65. The summed E-state index contributed by atoms with van der Waals surface area (Å²) in [6, 6.07) is 6.31. The molecule has 0 N–H and O–H groups in total. The molecule has 1 fully saturated rings. The van der Waals surface area contributed by atoms with E-state index in [9.17, 15) is 4.79 Å². The van der Waals surface area contributed by atoms with E-state index in [-0.39, 0.29) is 11.6 Å². The van der Waals surface area contributed by atoms with Crippen molar-refractivity contribution in [2.75, 3.05) is 40.5 Å². The molecule has 0 amide bonds. The van der Waals surface area contributed by atoms with Crippen molar-refractivity contribution >= 4 is 5.97 Å². The fourth-order valence-corrected chi connectivity index (χ4v) is 3.98. The Labute approximate surface area is 143 Å². The zero-order chi connectivity index (χ0) is 17.0. The SMILES string of the molecule is COC(=O)CCCN1CCC2(CC1)OCCc1cccc(OC)c12. The topological polar surface area (TPSA) is 48.0 Å². The van der Waals surface area contributed by atoms with Crippen LogP contribution in [0.5, 0.6) is 5.75 Å². The van der Waals surface area contributed by atoms with Crippen LogP contribution in [0, 0.1) is 0 Å². The quantitative estimate of drug-likeness (QED) is 0.775. The molecule has 1 aromatic rings. The predicted octanol–water partition coefficient (Wildman–Crippen LogP) is 2.51. The van der Waals surface area contributed by atoms with Crippen molar-refractivity contribution in [2.24, 2.45) is 0 Å². The van der Waals surface area contributed by atoms with E-state index < -0.39 is 0 Å². The minimum atomic E-state index is -0.209. The lowest BCUT2D eigenvalue weighted by Crippen LogP contribution is -2.47. The zero-order valence-corrected chi connectivity index (χ0v) is 14.7. The molecular weight excluding hydrogens is 306 g/mol. The van der Waals surface area contributed by atoms with Crippen molar-refractivity contribution < 1.29 is 19.0 Å². The van der Waals surface area contributed by atoms with Crippen LogP contribution in [0.25, 0.3) is 0 Å². The van der Waals surface area contributed by atoms with E-state index in [1.165, 1.54) is 18.2 Å². The lowest BCUT2D eigenvalue weighted by molar-refractivity contribution is -0.140. The number of esters is 1. The molecule has 0 atom stereocenters. The molecule has 0 bridgehead atoms. The Kier molecular flexibility index (Phi) is 5.41. The van der Waals surface area contributed by atoms with E-state index in [4.69, 9.17) is 14.2 Å². The van der Waals surface area contributed by atoms with Crippen molar-refractivity contribution in [3.63, 3.8) is 0 Å². The van der Waals surface area contributed by atoms with Crippen molar-refractivity contribution in [2.45, 2.75) is 37.7 Å². The second kappa shape index (κ2) is 7.53. The van der Waals surface area contributed by atoms with Gasteiger partial charge in [-0.25, -0.2) is 0 Å². The summed E-state index contributed by atoms with van der Waals surface area (Å²) in [5.41, 5.74) is 2.41. The summed E-state index contributed by atoms with van der Waals surface area (Å²) < 4.78 is 16.6. The van der Waals surface area contributed by atoms with Gasteiger partial charge in [0.15, 0.2) is 0 Å². The van der Waals surface area contributed by atoms with Gasteiger partial charge in [-0.15, -0.1) is 0 Å². The van der Waals surface area contributed by atoms with Crippen LogP contribution in [0.3, 0.4) is 0 Å². The van der Waals surface area contributed by atoms with Gasteiger partial charge < -0.3 is 19.1 Å². The van der Waals surface area contributed by atoms with E-state index in [0.29, 0.717) is 6.42 Å². The van der Waals surface area contributed by atoms with Gasteiger partial charge in [0.2, 0.25) is 0 Å². The monoisotopic (exact) mass is 333 g/mol.